The molecule has 1 atom stereocenters. The van der Waals surface area contributed by atoms with E-state index in [-0.39, 0.29) is 11.9 Å². The lowest BCUT2D eigenvalue weighted by atomic mass is 10.0. The number of likely N-dealkylation sites (N-methyl/N-ethyl adjacent to an activating group) is 1. The topological polar surface area (TPSA) is 29.3 Å². The van der Waals surface area contributed by atoms with E-state index in [0.29, 0.717) is 23.1 Å². The average Bonchev–Trinajstić information content (AvgIpc) is 2.46. The van der Waals surface area contributed by atoms with Gasteiger partial charge in [0, 0.05) is 19.1 Å². The van der Waals surface area contributed by atoms with Crippen molar-refractivity contribution in [2.75, 3.05) is 13.6 Å². The molecule has 1 unspecified atom stereocenters. The second kappa shape index (κ2) is 7.23. The van der Waals surface area contributed by atoms with Gasteiger partial charge in [0.05, 0.1) is 10.0 Å². The van der Waals surface area contributed by atoms with Gasteiger partial charge in [0.25, 0.3) is 0 Å². The largest absolute Gasteiger partial charge is 0.329 e. The van der Waals surface area contributed by atoms with Gasteiger partial charge in [0.1, 0.15) is 5.82 Å². The number of nitrogens with two attached hydrogens (primary N) is 1. The molecule has 0 saturated carbocycles. The van der Waals surface area contributed by atoms with Crippen LogP contribution in [0, 0.1) is 5.82 Å². The van der Waals surface area contributed by atoms with Crippen LogP contribution >= 0.6 is 23.2 Å². The summed E-state index contributed by atoms with van der Waals surface area (Å²) in [5.74, 6) is -0.235. The van der Waals surface area contributed by atoms with Gasteiger partial charge in [-0.15, -0.1) is 0 Å². The van der Waals surface area contributed by atoms with Crippen LogP contribution in [0.4, 0.5) is 4.39 Å². The molecule has 112 valence electrons. The lowest BCUT2D eigenvalue weighted by Crippen LogP contribution is -2.30. The molecule has 2 aromatic carbocycles. The predicted octanol–water partition coefficient (Wildman–Crippen LogP) is 4.26. The number of nitrogens with zero attached hydrogens (tertiary/aromatic N) is 1. The summed E-state index contributed by atoms with van der Waals surface area (Å²) in [6.07, 6.45) is 0. The summed E-state index contributed by atoms with van der Waals surface area (Å²) in [6.45, 7) is 1.12. The number of rotatable bonds is 5. The predicted molar refractivity (Wildman–Crippen MR) is 86.1 cm³/mol. The van der Waals surface area contributed by atoms with Crippen molar-refractivity contribution in [2.45, 2.75) is 12.6 Å². The van der Waals surface area contributed by atoms with E-state index in [0.717, 1.165) is 11.1 Å². The molecule has 0 aliphatic rings. The Hall–Kier alpha value is -1.13. The molecule has 0 amide bonds. The first kappa shape index (κ1) is 16.2. The monoisotopic (exact) mass is 326 g/mol. The molecule has 0 radical (unpaired) electrons. The van der Waals surface area contributed by atoms with E-state index in [9.17, 15) is 4.39 Å². The second-order valence-electron chi connectivity index (χ2n) is 4.97. The molecule has 2 aromatic rings. The second-order valence-corrected chi connectivity index (χ2v) is 5.78. The van der Waals surface area contributed by atoms with Crippen LogP contribution in [0.2, 0.25) is 10.0 Å². The molecule has 0 aliphatic carbocycles. The normalized spacial score (nSPS) is 12.7. The Morgan fingerprint density at radius 2 is 1.76 bits per heavy atom. The van der Waals surface area contributed by atoms with E-state index in [4.69, 9.17) is 28.9 Å². The van der Waals surface area contributed by atoms with Crippen molar-refractivity contribution < 1.29 is 4.39 Å². The number of hydrogen-bond donors (Lipinski definition) is 1. The van der Waals surface area contributed by atoms with Gasteiger partial charge in [0.15, 0.2) is 0 Å². The third-order valence-corrected chi connectivity index (χ3v) is 4.17. The Morgan fingerprint density at radius 1 is 1.10 bits per heavy atom. The van der Waals surface area contributed by atoms with Gasteiger partial charge in [-0.1, -0.05) is 41.4 Å². The minimum Gasteiger partial charge on any atom is -0.329 e. The van der Waals surface area contributed by atoms with Gasteiger partial charge in [-0.05, 0) is 42.4 Å². The lowest BCUT2D eigenvalue weighted by molar-refractivity contribution is 0.242. The fourth-order valence-electron chi connectivity index (χ4n) is 2.28. The molecular formula is C16H17Cl2FN2. The van der Waals surface area contributed by atoms with Gasteiger partial charge in [0.2, 0.25) is 0 Å². The van der Waals surface area contributed by atoms with Crippen LogP contribution in [0.25, 0.3) is 0 Å². The van der Waals surface area contributed by atoms with Crippen molar-refractivity contribution in [3.8, 4) is 0 Å². The highest BCUT2D eigenvalue weighted by Crippen LogP contribution is 2.28. The number of hydrogen-bond acceptors (Lipinski definition) is 2. The van der Waals surface area contributed by atoms with Crippen LogP contribution in [0.1, 0.15) is 17.2 Å². The zero-order valence-electron chi connectivity index (χ0n) is 11.7. The van der Waals surface area contributed by atoms with E-state index >= 15 is 0 Å². The Labute approximate surface area is 134 Å². The molecule has 0 heterocycles. The van der Waals surface area contributed by atoms with Crippen LogP contribution in [-0.4, -0.2) is 18.5 Å². The van der Waals surface area contributed by atoms with Crippen molar-refractivity contribution in [3.63, 3.8) is 0 Å². The smallest absolute Gasteiger partial charge is 0.123 e. The van der Waals surface area contributed by atoms with Crippen molar-refractivity contribution in [1.29, 1.82) is 0 Å². The first-order valence-electron chi connectivity index (χ1n) is 6.61. The van der Waals surface area contributed by atoms with Crippen molar-refractivity contribution in [3.05, 3.63) is 69.5 Å². The Bertz CT molecular complexity index is 602. The Morgan fingerprint density at radius 3 is 2.33 bits per heavy atom. The fourth-order valence-corrected chi connectivity index (χ4v) is 2.58. The maximum Gasteiger partial charge on any atom is 0.123 e. The molecule has 2 rings (SSSR count). The standard InChI is InChI=1S/C16H17Cl2FN2/c1-21(10-11-2-5-13(19)6-3-11)16(9-20)12-4-7-14(17)15(18)8-12/h2-8,16H,9-10,20H2,1H3. The quantitative estimate of drug-likeness (QED) is 0.889. The average molecular weight is 327 g/mol. The molecule has 0 aromatic heterocycles. The Balaban J connectivity index is 2.15. The summed E-state index contributed by atoms with van der Waals surface area (Å²) in [7, 11) is 1.98. The zero-order valence-corrected chi connectivity index (χ0v) is 13.2. The van der Waals surface area contributed by atoms with Gasteiger partial charge in [-0.2, -0.15) is 0 Å². The van der Waals surface area contributed by atoms with Gasteiger partial charge < -0.3 is 5.73 Å². The number of benzene rings is 2. The van der Waals surface area contributed by atoms with Gasteiger partial charge in [-0.3, -0.25) is 4.90 Å². The van der Waals surface area contributed by atoms with E-state index < -0.39 is 0 Å². The summed E-state index contributed by atoms with van der Waals surface area (Å²) >= 11 is 12.0. The maximum atomic E-state index is 12.9. The van der Waals surface area contributed by atoms with Gasteiger partial charge in [-0.25, -0.2) is 4.39 Å². The van der Waals surface area contributed by atoms with Crippen LogP contribution in [-0.2, 0) is 6.54 Å². The molecule has 0 fully saturated rings. The molecule has 2 N–H and O–H groups in total. The van der Waals surface area contributed by atoms with Crippen molar-refractivity contribution in [2.24, 2.45) is 5.73 Å². The lowest BCUT2D eigenvalue weighted by Gasteiger charge is -2.27. The highest BCUT2D eigenvalue weighted by molar-refractivity contribution is 6.42. The highest BCUT2D eigenvalue weighted by atomic mass is 35.5. The van der Waals surface area contributed by atoms with Crippen LogP contribution in [0.3, 0.4) is 0 Å². The summed E-state index contributed by atoms with van der Waals surface area (Å²) in [5, 5.41) is 1.04. The zero-order chi connectivity index (χ0) is 15.4. The van der Waals surface area contributed by atoms with Gasteiger partial charge >= 0.3 is 0 Å². The first-order chi connectivity index (χ1) is 10.0. The van der Waals surface area contributed by atoms with E-state index in [1.807, 2.05) is 19.2 Å². The van der Waals surface area contributed by atoms with Crippen molar-refractivity contribution in [1.82, 2.24) is 4.90 Å². The summed E-state index contributed by atoms with van der Waals surface area (Å²) in [4.78, 5) is 2.10. The fraction of sp³-hybridized carbons (Fsp3) is 0.250. The van der Waals surface area contributed by atoms with Crippen LogP contribution in [0.15, 0.2) is 42.5 Å². The van der Waals surface area contributed by atoms with E-state index in [2.05, 4.69) is 4.90 Å². The first-order valence-corrected chi connectivity index (χ1v) is 7.36. The molecule has 5 heteroatoms. The van der Waals surface area contributed by atoms with E-state index in [1.54, 1.807) is 18.2 Å². The third-order valence-electron chi connectivity index (χ3n) is 3.43. The summed E-state index contributed by atoms with van der Waals surface area (Å²) < 4.78 is 12.9. The van der Waals surface area contributed by atoms with Crippen LogP contribution in [0.5, 0.6) is 0 Å². The Kier molecular flexibility index (Phi) is 5.59. The molecule has 0 spiro atoms. The highest BCUT2D eigenvalue weighted by Gasteiger charge is 2.16. The number of halogens is 3. The molecular weight excluding hydrogens is 310 g/mol. The minimum atomic E-state index is -0.235. The molecule has 0 bridgehead atoms. The summed E-state index contributed by atoms with van der Waals surface area (Å²) in [5.41, 5.74) is 7.93. The summed E-state index contributed by atoms with van der Waals surface area (Å²) in [6, 6.07) is 12.0. The maximum absolute atomic E-state index is 12.9. The third kappa shape index (κ3) is 4.17. The SMILES string of the molecule is CN(Cc1ccc(F)cc1)C(CN)c1ccc(Cl)c(Cl)c1. The molecule has 21 heavy (non-hydrogen) atoms. The molecule has 2 nitrogen and oxygen atoms in total. The minimum absolute atomic E-state index is 0.0184. The van der Waals surface area contributed by atoms with E-state index in [1.165, 1.54) is 12.1 Å². The molecule has 0 aliphatic heterocycles. The van der Waals surface area contributed by atoms with Crippen LogP contribution < -0.4 is 5.73 Å². The van der Waals surface area contributed by atoms with Crippen molar-refractivity contribution >= 4 is 23.2 Å². The molecule has 0 saturated heterocycles.